The molecule has 2 unspecified atom stereocenters. The zero-order chi connectivity index (χ0) is 12.3. The largest absolute Gasteiger partial charge is 0.480 e. The summed E-state index contributed by atoms with van der Waals surface area (Å²) in [6.07, 6.45) is 6.92. The van der Waals surface area contributed by atoms with Crippen molar-refractivity contribution >= 4 is 28.6 Å². The van der Waals surface area contributed by atoms with Gasteiger partial charge in [-0.2, -0.15) is 20.4 Å². The smallest absolute Gasteiger partial charge is 0.319 e. The minimum absolute atomic E-state index is 0.488. The van der Waals surface area contributed by atoms with Gasteiger partial charge in [0.15, 0.2) is 0 Å². The van der Waals surface area contributed by atoms with Crippen LogP contribution in [0.2, 0.25) is 0 Å². The number of aliphatic carboxylic acids is 1. The van der Waals surface area contributed by atoms with Crippen LogP contribution < -0.4 is 0 Å². The zero-order valence-electron chi connectivity index (χ0n) is 8.69. The topological polar surface area (TPSA) is 87.8 Å². The Labute approximate surface area is 111 Å². The number of carbonyl (C=O) groups is 1. The van der Waals surface area contributed by atoms with Gasteiger partial charge < -0.3 is 5.11 Å². The number of hydrogen-bond acceptors (Lipinski definition) is 5. The average molecular weight is 344 g/mol. The number of azo groups is 1. The summed E-state index contributed by atoms with van der Waals surface area (Å²) in [7, 11) is 0. The molecule has 2 atom stereocenters. The maximum Gasteiger partial charge on any atom is 0.319 e. The van der Waals surface area contributed by atoms with Crippen molar-refractivity contribution in [3.8, 4) is 0 Å². The van der Waals surface area contributed by atoms with Crippen molar-refractivity contribution in [3.63, 3.8) is 0 Å². The Bertz CT molecular complexity index is 476. The molecular formula is C10H9IN4O2. The van der Waals surface area contributed by atoms with E-state index in [9.17, 15) is 9.90 Å². The van der Waals surface area contributed by atoms with Gasteiger partial charge in [0.25, 0.3) is 0 Å². The molecule has 1 aliphatic heterocycles. The van der Waals surface area contributed by atoms with E-state index in [1.54, 1.807) is 12.3 Å². The first-order valence-corrected chi connectivity index (χ1v) is 6.12. The summed E-state index contributed by atoms with van der Waals surface area (Å²) < 4.78 is -0.710. The summed E-state index contributed by atoms with van der Waals surface area (Å²) in [4.78, 5) is 11.2. The molecular weight excluding hydrogens is 335 g/mol. The van der Waals surface area contributed by atoms with Crippen molar-refractivity contribution in [1.29, 1.82) is 0 Å². The minimum atomic E-state index is -0.920. The summed E-state index contributed by atoms with van der Waals surface area (Å²) in [6, 6.07) is 1.72. The predicted molar refractivity (Wildman–Crippen MR) is 67.8 cm³/mol. The zero-order valence-corrected chi connectivity index (χ0v) is 10.9. The van der Waals surface area contributed by atoms with Gasteiger partial charge >= 0.3 is 5.97 Å². The second kappa shape index (κ2) is 4.86. The van der Waals surface area contributed by atoms with E-state index in [1.807, 2.05) is 28.7 Å². The van der Waals surface area contributed by atoms with Crippen molar-refractivity contribution < 1.29 is 9.90 Å². The van der Waals surface area contributed by atoms with E-state index in [1.165, 1.54) is 12.4 Å². The van der Waals surface area contributed by atoms with Crippen molar-refractivity contribution in [3.05, 3.63) is 36.3 Å². The van der Waals surface area contributed by atoms with Crippen molar-refractivity contribution in [1.82, 2.24) is 10.2 Å². The molecule has 7 heteroatoms. The summed E-state index contributed by atoms with van der Waals surface area (Å²) in [5.41, 5.74) is -0.181. The number of halogens is 1. The van der Waals surface area contributed by atoms with E-state index in [2.05, 4.69) is 20.4 Å². The van der Waals surface area contributed by atoms with Gasteiger partial charge in [-0.1, -0.05) is 28.7 Å². The van der Waals surface area contributed by atoms with Crippen LogP contribution in [0.25, 0.3) is 0 Å². The SMILES string of the molecule is O=C(O)C(I)C1(c2ccnnc2)CC=CN=N1. The van der Waals surface area contributed by atoms with E-state index in [0.29, 0.717) is 12.0 Å². The van der Waals surface area contributed by atoms with E-state index < -0.39 is 15.4 Å². The first kappa shape index (κ1) is 12.1. The van der Waals surface area contributed by atoms with Gasteiger partial charge in [0.05, 0.1) is 6.20 Å². The number of hydrogen-bond donors (Lipinski definition) is 1. The van der Waals surface area contributed by atoms with Crippen LogP contribution in [0.1, 0.15) is 12.0 Å². The second-order valence-electron chi connectivity index (χ2n) is 3.56. The van der Waals surface area contributed by atoms with Gasteiger partial charge in [0.2, 0.25) is 0 Å². The molecule has 1 N–H and O–H groups in total. The molecule has 2 rings (SSSR count). The number of nitrogens with zero attached hydrogens (tertiary/aromatic N) is 4. The lowest BCUT2D eigenvalue weighted by atomic mass is 9.85. The molecule has 0 radical (unpaired) electrons. The predicted octanol–water partition coefficient (Wildman–Crippen LogP) is 1.93. The van der Waals surface area contributed by atoms with Crippen LogP contribution in [0.5, 0.6) is 0 Å². The quantitative estimate of drug-likeness (QED) is 0.670. The van der Waals surface area contributed by atoms with Crippen LogP contribution in [-0.4, -0.2) is 25.2 Å². The lowest BCUT2D eigenvalue weighted by Crippen LogP contribution is -2.39. The number of aromatic nitrogens is 2. The van der Waals surface area contributed by atoms with Gasteiger partial charge in [-0.25, -0.2) is 0 Å². The normalized spacial score (nSPS) is 24.5. The number of rotatable bonds is 3. The monoisotopic (exact) mass is 344 g/mol. The first-order chi connectivity index (χ1) is 8.17. The van der Waals surface area contributed by atoms with Crippen LogP contribution in [0.15, 0.2) is 41.0 Å². The standard InChI is InChI=1S/C10H9IN4O2/c11-8(9(16)17)10(3-1-4-13-15-10)7-2-5-12-14-6-7/h1-2,4-6,8H,3H2,(H,16,17). The molecule has 0 spiro atoms. The fraction of sp³-hybridized carbons (Fsp3) is 0.300. The number of carboxylic acid groups (broad SMARTS) is 1. The Kier molecular flexibility index (Phi) is 3.46. The molecule has 17 heavy (non-hydrogen) atoms. The molecule has 1 aromatic rings. The van der Waals surface area contributed by atoms with E-state index in [4.69, 9.17) is 0 Å². The summed E-state index contributed by atoms with van der Waals surface area (Å²) >= 11 is 1.87. The highest BCUT2D eigenvalue weighted by atomic mass is 127. The number of carboxylic acids is 1. The van der Waals surface area contributed by atoms with Crippen LogP contribution in [-0.2, 0) is 10.3 Å². The molecule has 6 nitrogen and oxygen atoms in total. The highest BCUT2D eigenvalue weighted by Crippen LogP contribution is 2.39. The third-order valence-corrected chi connectivity index (χ3v) is 4.12. The van der Waals surface area contributed by atoms with Crippen LogP contribution in [0.4, 0.5) is 0 Å². The molecule has 1 aromatic heterocycles. The van der Waals surface area contributed by atoms with Gasteiger partial charge in [0, 0.05) is 24.4 Å². The molecule has 0 aliphatic carbocycles. The average Bonchev–Trinajstić information content (AvgIpc) is 2.39. The summed E-state index contributed by atoms with van der Waals surface area (Å²) in [5, 5.41) is 24.6. The Morgan fingerprint density at radius 2 is 2.35 bits per heavy atom. The first-order valence-electron chi connectivity index (χ1n) is 4.88. The van der Waals surface area contributed by atoms with Crippen LogP contribution in [0.3, 0.4) is 0 Å². The minimum Gasteiger partial charge on any atom is -0.480 e. The molecule has 2 heterocycles. The Morgan fingerprint density at radius 3 is 2.88 bits per heavy atom. The maximum absolute atomic E-state index is 11.2. The third kappa shape index (κ3) is 2.19. The fourth-order valence-electron chi connectivity index (χ4n) is 1.68. The molecule has 0 fully saturated rings. The van der Waals surface area contributed by atoms with E-state index >= 15 is 0 Å². The number of alkyl halides is 1. The van der Waals surface area contributed by atoms with E-state index in [-0.39, 0.29) is 0 Å². The highest BCUT2D eigenvalue weighted by Gasteiger charge is 2.44. The second-order valence-corrected chi connectivity index (χ2v) is 4.81. The van der Waals surface area contributed by atoms with Crippen LogP contribution in [0, 0.1) is 0 Å². The lowest BCUT2D eigenvalue weighted by Gasteiger charge is -2.31. The van der Waals surface area contributed by atoms with Crippen molar-refractivity contribution in [2.75, 3.05) is 0 Å². The van der Waals surface area contributed by atoms with Gasteiger partial charge in [-0.3, -0.25) is 4.79 Å². The molecule has 0 aromatic carbocycles. The molecule has 1 aliphatic rings. The lowest BCUT2D eigenvalue weighted by molar-refractivity contribution is -0.137. The molecule has 0 saturated heterocycles. The van der Waals surface area contributed by atoms with Crippen molar-refractivity contribution in [2.24, 2.45) is 10.2 Å². The third-order valence-electron chi connectivity index (χ3n) is 2.56. The summed E-state index contributed by atoms with van der Waals surface area (Å²) in [5.74, 6) is -0.920. The van der Waals surface area contributed by atoms with Gasteiger partial charge in [-0.05, 0) is 6.07 Å². The Morgan fingerprint density at radius 1 is 1.53 bits per heavy atom. The molecule has 0 saturated carbocycles. The molecule has 0 amide bonds. The molecule has 88 valence electrons. The van der Waals surface area contributed by atoms with E-state index in [0.717, 1.165) is 0 Å². The fourth-order valence-corrected chi connectivity index (χ4v) is 2.42. The maximum atomic E-state index is 11.2. The Balaban J connectivity index is 2.49. The highest BCUT2D eigenvalue weighted by molar-refractivity contribution is 14.1. The Hall–Kier alpha value is -1.38. The van der Waals surface area contributed by atoms with Gasteiger partial charge in [-0.15, -0.1) is 0 Å². The van der Waals surface area contributed by atoms with Crippen LogP contribution >= 0.6 is 22.6 Å². The van der Waals surface area contributed by atoms with Crippen molar-refractivity contribution in [2.45, 2.75) is 15.9 Å². The molecule has 0 bridgehead atoms. The summed E-state index contributed by atoms with van der Waals surface area (Å²) in [6.45, 7) is 0. The van der Waals surface area contributed by atoms with Gasteiger partial charge in [0.1, 0.15) is 9.46 Å².